The molecule has 0 aliphatic carbocycles. The van der Waals surface area contributed by atoms with E-state index < -0.39 is 6.10 Å². The number of aliphatic hydroxyl groups excluding tert-OH is 1. The highest BCUT2D eigenvalue weighted by Gasteiger charge is 2.16. The summed E-state index contributed by atoms with van der Waals surface area (Å²) in [7, 11) is 0. The Kier molecular flexibility index (Phi) is 35.1. The molecule has 1 unspecified atom stereocenters. The molecular formula is C41H70O5. The smallest absolute Gasteiger partial charge is 0.306 e. The van der Waals surface area contributed by atoms with Crippen molar-refractivity contribution in [2.75, 3.05) is 13.2 Å². The molecule has 0 fully saturated rings. The second-order valence-electron chi connectivity index (χ2n) is 12.3. The van der Waals surface area contributed by atoms with Gasteiger partial charge in [0, 0.05) is 12.8 Å². The zero-order valence-corrected chi connectivity index (χ0v) is 29.8. The Labute approximate surface area is 283 Å². The molecule has 5 heteroatoms. The number of carbonyl (C=O) groups excluding carboxylic acids is 2. The van der Waals surface area contributed by atoms with Gasteiger partial charge >= 0.3 is 11.9 Å². The van der Waals surface area contributed by atoms with Gasteiger partial charge in [-0.25, -0.2) is 0 Å². The molecule has 46 heavy (non-hydrogen) atoms. The molecular weight excluding hydrogens is 572 g/mol. The lowest BCUT2D eigenvalue weighted by atomic mass is 10.1. The number of unbranched alkanes of at least 4 members (excludes halogenated alkanes) is 15. The highest BCUT2D eigenvalue weighted by molar-refractivity contribution is 5.70. The highest BCUT2D eigenvalue weighted by atomic mass is 16.6. The van der Waals surface area contributed by atoms with E-state index in [4.69, 9.17) is 9.47 Å². The van der Waals surface area contributed by atoms with Crippen LogP contribution in [0, 0.1) is 0 Å². The monoisotopic (exact) mass is 643 g/mol. The molecule has 0 saturated heterocycles. The predicted octanol–water partition coefficient (Wildman–Crippen LogP) is 11.6. The Morgan fingerprint density at radius 3 is 1.41 bits per heavy atom. The van der Waals surface area contributed by atoms with Gasteiger partial charge in [-0.2, -0.15) is 0 Å². The molecule has 0 aliphatic heterocycles. The molecule has 5 nitrogen and oxygen atoms in total. The number of esters is 2. The van der Waals surface area contributed by atoms with Crippen molar-refractivity contribution in [1.29, 1.82) is 0 Å². The zero-order chi connectivity index (χ0) is 33.6. The topological polar surface area (TPSA) is 72.8 Å². The predicted molar refractivity (Wildman–Crippen MR) is 196 cm³/mol. The van der Waals surface area contributed by atoms with Crippen molar-refractivity contribution in [2.24, 2.45) is 0 Å². The summed E-state index contributed by atoms with van der Waals surface area (Å²) in [6.45, 7) is 3.97. The highest BCUT2D eigenvalue weighted by Crippen LogP contribution is 2.12. The van der Waals surface area contributed by atoms with E-state index in [1.165, 1.54) is 64.2 Å². The van der Waals surface area contributed by atoms with Crippen molar-refractivity contribution in [3.05, 3.63) is 60.8 Å². The Morgan fingerprint density at radius 2 is 0.935 bits per heavy atom. The van der Waals surface area contributed by atoms with Crippen LogP contribution in [0.3, 0.4) is 0 Å². The molecule has 0 spiro atoms. The molecule has 0 bridgehead atoms. The molecule has 0 rings (SSSR count). The lowest BCUT2D eigenvalue weighted by Crippen LogP contribution is -2.28. The number of rotatable bonds is 33. The third-order valence-electron chi connectivity index (χ3n) is 7.80. The number of ether oxygens (including phenoxy) is 2. The molecule has 0 heterocycles. The van der Waals surface area contributed by atoms with E-state index in [0.29, 0.717) is 12.8 Å². The van der Waals surface area contributed by atoms with Crippen molar-refractivity contribution in [2.45, 2.75) is 174 Å². The SMILES string of the molecule is CC/C=C\C/C=C\C/C=C\CCCCCCCCCC(=O)OC(CO)COC(=O)CCCCCCC/C=C\C/C=C\CCCCC. The van der Waals surface area contributed by atoms with Crippen LogP contribution in [0.5, 0.6) is 0 Å². The lowest BCUT2D eigenvalue weighted by molar-refractivity contribution is -0.161. The van der Waals surface area contributed by atoms with Crippen molar-refractivity contribution >= 4 is 11.9 Å². The summed E-state index contributed by atoms with van der Waals surface area (Å²) < 4.78 is 10.6. The minimum atomic E-state index is -0.783. The quantitative estimate of drug-likeness (QED) is 0.0438. The minimum absolute atomic E-state index is 0.0795. The van der Waals surface area contributed by atoms with Crippen LogP contribution in [0.1, 0.15) is 168 Å². The molecule has 1 atom stereocenters. The van der Waals surface area contributed by atoms with Crippen LogP contribution >= 0.6 is 0 Å². The fourth-order valence-electron chi connectivity index (χ4n) is 4.95. The number of hydrogen-bond donors (Lipinski definition) is 1. The molecule has 264 valence electrons. The van der Waals surface area contributed by atoms with Gasteiger partial charge in [0.15, 0.2) is 6.10 Å². The first-order chi connectivity index (χ1) is 22.6. The summed E-state index contributed by atoms with van der Waals surface area (Å²) in [5.74, 6) is -0.623. The second-order valence-corrected chi connectivity index (χ2v) is 12.3. The summed E-state index contributed by atoms with van der Waals surface area (Å²) in [5.41, 5.74) is 0. The van der Waals surface area contributed by atoms with Crippen LogP contribution in [-0.2, 0) is 19.1 Å². The van der Waals surface area contributed by atoms with Crippen molar-refractivity contribution in [3.8, 4) is 0 Å². The van der Waals surface area contributed by atoms with Gasteiger partial charge in [-0.15, -0.1) is 0 Å². The zero-order valence-electron chi connectivity index (χ0n) is 29.8. The summed E-state index contributed by atoms with van der Waals surface area (Å²) in [4.78, 5) is 24.2. The van der Waals surface area contributed by atoms with Crippen LogP contribution in [0.15, 0.2) is 60.8 Å². The van der Waals surface area contributed by atoms with Gasteiger partial charge in [-0.1, -0.05) is 139 Å². The number of carbonyl (C=O) groups is 2. The van der Waals surface area contributed by atoms with Crippen LogP contribution in [0.2, 0.25) is 0 Å². The van der Waals surface area contributed by atoms with Crippen molar-refractivity contribution < 1.29 is 24.2 Å². The van der Waals surface area contributed by atoms with Crippen molar-refractivity contribution in [3.63, 3.8) is 0 Å². The maximum absolute atomic E-state index is 12.2. The third kappa shape index (κ3) is 34.5. The van der Waals surface area contributed by atoms with Crippen molar-refractivity contribution in [1.82, 2.24) is 0 Å². The standard InChI is InChI=1S/C41H70O5/c1-3-5-7-9-11-13-15-17-19-20-22-24-26-28-30-32-34-36-41(44)46-39(37-42)38-45-40(43)35-33-31-29-27-25-23-21-18-16-14-12-10-8-6-4-2/h5,7,11-14,17-19,21,39,42H,3-4,6,8-10,15-16,20,22-38H2,1-2H3/b7-5-,13-11-,14-12-,19-17-,21-18-. The first kappa shape index (κ1) is 43.6. The van der Waals surface area contributed by atoms with E-state index in [0.717, 1.165) is 77.0 Å². The molecule has 0 amide bonds. The van der Waals surface area contributed by atoms with Gasteiger partial charge in [0.2, 0.25) is 0 Å². The first-order valence-corrected chi connectivity index (χ1v) is 18.8. The number of hydrogen-bond acceptors (Lipinski definition) is 5. The van der Waals surface area contributed by atoms with Gasteiger partial charge in [-0.3, -0.25) is 9.59 Å². The van der Waals surface area contributed by atoms with Crippen LogP contribution in [-0.4, -0.2) is 36.4 Å². The molecule has 0 saturated carbocycles. The Hall–Kier alpha value is -2.40. The van der Waals surface area contributed by atoms with Gasteiger partial charge in [-0.05, 0) is 77.0 Å². The normalized spacial score (nSPS) is 12.8. The fraction of sp³-hybridized carbons (Fsp3) is 0.707. The minimum Gasteiger partial charge on any atom is -0.462 e. The summed E-state index contributed by atoms with van der Waals surface area (Å²) in [5, 5.41) is 9.54. The second kappa shape index (κ2) is 37.1. The van der Waals surface area contributed by atoms with E-state index in [9.17, 15) is 14.7 Å². The van der Waals surface area contributed by atoms with Gasteiger partial charge in [0.25, 0.3) is 0 Å². The summed E-state index contributed by atoms with van der Waals surface area (Å²) >= 11 is 0. The molecule has 0 aromatic carbocycles. The lowest BCUT2D eigenvalue weighted by Gasteiger charge is -2.15. The van der Waals surface area contributed by atoms with E-state index in [1.807, 2.05) is 0 Å². The third-order valence-corrected chi connectivity index (χ3v) is 7.80. The number of allylic oxidation sites excluding steroid dienone is 10. The van der Waals surface area contributed by atoms with E-state index in [2.05, 4.69) is 74.6 Å². The molecule has 0 aliphatic rings. The Bertz CT molecular complexity index is 823. The Morgan fingerprint density at radius 1 is 0.522 bits per heavy atom. The van der Waals surface area contributed by atoms with E-state index in [1.54, 1.807) is 0 Å². The maximum atomic E-state index is 12.2. The molecule has 0 radical (unpaired) electrons. The maximum Gasteiger partial charge on any atom is 0.306 e. The van der Waals surface area contributed by atoms with Gasteiger partial charge in [0.1, 0.15) is 6.61 Å². The fourth-order valence-corrected chi connectivity index (χ4v) is 4.95. The Balaban J connectivity index is 3.62. The largest absolute Gasteiger partial charge is 0.462 e. The average Bonchev–Trinajstić information content (AvgIpc) is 3.06. The van der Waals surface area contributed by atoms with Crippen LogP contribution in [0.25, 0.3) is 0 Å². The summed E-state index contributed by atoms with van der Waals surface area (Å²) in [6, 6.07) is 0. The van der Waals surface area contributed by atoms with Crippen LogP contribution < -0.4 is 0 Å². The van der Waals surface area contributed by atoms with E-state index >= 15 is 0 Å². The first-order valence-electron chi connectivity index (χ1n) is 18.8. The molecule has 0 aromatic rings. The molecule has 0 aromatic heterocycles. The van der Waals surface area contributed by atoms with Gasteiger partial charge in [0.05, 0.1) is 6.61 Å². The number of aliphatic hydroxyl groups is 1. The van der Waals surface area contributed by atoms with Gasteiger partial charge < -0.3 is 14.6 Å². The average molecular weight is 643 g/mol. The summed E-state index contributed by atoms with van der Waals surface area (Å²) in [6.07, 6.45) is 47.0. The van der Waals surface area contributed by atoms with E-state index in [-0.39, 0.29) is 25.2 Å². The van der Waals surface area contributed by atoms with Crippen LogP contribution in [0.4, 0.5) is 0 Å². The molecule has 1 N–H and O–H groups in total.